The summed E-state index contributed by atoms with van der Waals surface area (Å²) in [6.45, 7) is -0.198. The van der Waals surface area contributed by atoms with Crippen LogP contribution in [0.5, 0.6) is 5.75 Å². The Labute approximate surface area is 159 Å². The Kier molecular flexibility index (Phi) is 5.47. The summed E-state index contributed by atoms with van der Waals surface area (Å²) in [6.07, 6.45) is -3.42. The normalized spacial score (nSPS) is 19.8. The second kappa shape index (κ2) is 7.41. The maximum Gasteiger partial charge on any atom is 0.573 e. The van der Waals surface area contributed by atoms with Crippen LogP contribution in [0.25, 0.3) is 0 Å². The first-order valence-electron chi connectivity index (χ1n) is 8.07. The molecule has 1 saturated heterocycles. The van der Waals surface area contributed by atoms with Gasteiger partial charge in [-0.05, 0) is 42.8 Å². The zero-order chi connectivity index (χ0) is 20.6. The molecule has 0 aliphatic carbocycles. The molecule has 3 rings (SSSR count). The molecule has 1 unspecified atom stereocenters. The van der Waals surface area contributed by atoms with Gasteiger partial charge in [0.1, 0.15) is 11.5 Å². The van der Waals surface area contributed by atoms with Gasteiger partial charge in [-0.25, -0.2) is 16.8 Å². The predicted octanol–water partition coefficient (Wildman–Crippen LogP) is 2.56. The van der Waals surface area contributed by atoms with E-state index in [2.05, 4.69) is 4.74 Å². The number of hydrogen-bond acceptors (Lipinski definition) is 6. The van der Waals surface area contributed by atoms with E-state index in [0.29, 0.717) is 5.76 Å². The van der Waals surface area contributed by atoms with Crippen molar-refractivity contribution in [2.75, 3.05) is 11.5 Å². The molecule has 0 saturated carbocycles. The molecule has 0 radical (unpaired) electrons. The molecule has 154 valence electrons. The third-order valence-electron chi connectivity index (χ3n) is 4.17. The third-order valence-corrected chi connectivity index (χ3v) is 7.83. The van der Waals surface area contributed by atoms with Crippen molar-refractivity contribution in [1.29, 1.82) is 0 Å². The van der Waals surface area contributed by atoms with Gasteiger partial charge >= 0.3 is 6.36 Å². The van der Waals surface area contributed by atoms with Gasteiger partial charge in [0.2, 0.25) is 10.0 Å². The molecule has 2 aromatic rings. The van der Waals surface area contributed by atoms with Crippen LogP contribution in [0.3, 0.4) is 0 Å². The lowest BCUT2D eigenvalue weighted by molar-refractivity contribution is -0.274. The highest BCUT2D eigenvalue weighted by Gasteiger charge is 2.39. The van der Waals surface area contributed by atoms with E-state index in [-0.39, 0.29) is 29.4 Å². The highest BCUT2D eigenvalue weighted by molar-refractivity contribution is 7.92. The van der Waals surface area contributed by atoms with Gasteiger partial charge in [-0.15, -0.1) is 13.2 Å². The second-order valence-corrected chi connectivity index (χ2v) is 10.3. The quantitative estimate of drug-likeness (QED) is 0.687. The zero-order valence-electron chi connectivity index (χ0n) is 14.3. The van der Waals surface area contributed by atoms with Crippen molar-refractivity contribution in [2.45, 2.75) is 30.3 Å². The Morgan fingerprint density at radius 3 is 2.36 bits per heavy atom. The van der Waals surface area contributed by atoms with Crippen LogP contribution < -0.4 is 4.74 Å². The summed E-state index contributed by atoms with van der Waals surface area (Å²) in [5, 5.41) is 0. The van der Waals surface area contributed by atoms with Crippen molar-refractivity contribution in [2.24, 2.45) is 0 Å². The standard InChI is InChI=1S/C16H16F3NO6S2/c17-16(18,19)26-13-3-5-15(6-4-13)28(23,24)20(10-14-2-1-8-25-14)12-7-9-27(21,22)11-12/h1-6,8,12H,7,9-11H2. The maximum absolute atomic E-state index is 13.1. The van der Waals surface area contributed by atoms with Crippen LogP contribution in [0.1, 0.15) is 12.2 Å². The number of sulfone groups is 1. The molecule has 1 atom stereocenters. The van der Waals surface area contributed by atoms with Gasteiger partial charge in [0.25, 0.3) is 0 Å². The average Bonchev–Trinajstić information content (AvgIpc) is 3.20. The van der Waals surface area contributed by atoms with Gasteiger partial charge in [0.15, 0.2) is 9.84 Å². The van der Waals surface area contributed by atoms with E-state index >= 15 is 0 Å². The van der Waals surface area contributed by atoms with Gasteiger partial charge in [0.05, 0.1) is 29.2 Å². The number of rotatable bonds is 6. The van der Waals surface area contributed by atoms with E-state index in [4.69, 9.17) is 4.42 Å². The van der Waals surface area contributed by atoms with E-state index in [1.807, 2.05) is 0 Å². The highest BCUT2D eigenvalue weighted by Crippen LogP contribution is 2.29. The van der Waals surface area contributed by atoms with Crippen molar-refractivity contribution in [3.05, 3.63) is 48.4 Å². The first kappa shape index (κ1) is 20.7. The molecule has 0 bridgehead atoms. The minimum Gasteiger partial charge on any atom is -0.468 e. The van der Waals surface area contributed by atoms with Crippen molar-refractivity contribution in [3.63, 3.8) is 0 Å². The first-order chi connectivity index (χ1) is 13.0. The number of benzene rings is 1. The van der Waals surface area contributed by atoms with Gasteiger partial charge in [-0.3, -0.25) is 0 Å². The molecule has 7 nitrogen and oxygen atoms in total. The number of halogens is 3. The lowest BCUT2D eigenvalue weighted by Gasteiger charge is -2.26. The van der Waals surface area contributed by atoms with Gasteiger partial charge in [-0.2, -0.15) is 4.31 Å². The summed E-state index contributed by atoms with van der Waals surface area (Å²) in [6, 6.07) is 6.05. The number of alkyl halides is 3. The zero-order valence-corrected chi connectivity index (χ0v) is 15.9. The van der Waals surface area contributed by atoms with Crippen molar-refractivity contribution in [1.82, 2.24) is 4.31 Å². The van der Waals surface area contributed by atoms with Crippen molar-refractivity contribution < 1.29 is 39.2 Å². The van der Waals surface area contributed by atoms with E-state index < -0.39 is 38.0 Å². The highest BCUT2D eigenvalue weighted by atomic mass is 32.2. The van der Waals surface area contributed by atoms with E-state index in [1.165, 1.54) is 6.26 Å². The van der Waals surface area contributed by atoms with Crippen LogP contribution in [0.15, 0.2) is 52.0 Å². The third kappa shape index (κ3) is 4.86. The van der Waals surface area contributed by atoms with Gasteiger partial charge in [0, 0.05) is 6.04 Å². The molecular weight excluding hydrogens is 423 g/mol. The van der Waals surface area contributed by atoms with Crippen molar-refractivity contribution in [3.8, 4) is 5.75 Å². The Morgan fingerprint density at radius 1 is 1.18 bits per heavy atom. The van der Waals surface area contributed by atoms with E-state index in [0.717, 1.165) is 28.6 Å². The number of ether oxygens (including phenoxy) is 1. The molecule has 0 N–H and O–H groups in total. The number of nitrogens with zero attached hydrogens (tertiary/aromatic N) is 1. The number of furan rings is 1. The summed E-state index contributed by atoms with van der Waals surface area (Å²) in [7, 11) is -7.57. The summed E-state index contributed by atoms with van der Waals surface area (Å²) in [5.74, 6) is -0.722. The van der Waals surface area contributed by atoms with E-state index in [9.17, 15) is 30.0 Å². The fourth-order valence-electron chi connectivity index (χ4n) is 2.92. The lowest BCUT2D eigenvalue weighted by Crippen LogP contribution is -2.40. The summed E-state index contributed by atoms with van der Waals surface area (Å²) in [4.78, 5) is -0.280. The van der Waals surface area contributed by atoms with Crippen LogP contribution in [0.4, 0.5) is 13.2 Å². The molecule has 1 aliphatic rings. The summed E-state index contributed by atoms with van der Waals surface area (Å²) >= 11 is 0. The lowest BCUT2D eigenvalue weighted by atomic mass is 10.2. The number of sulfonamides is 1. The van der Waals surface area contributed by atoms with Crippen LogP contribution in [-0.2, 0) is 26.4 Å². The van der Waals surface area contributed by atoms with Crippen LogP contribution in [0, 0.1) is 0 Å². The van der Waals surface area contributed by atoms with Crippen molar-refractivity contribution >= 4 is 19.9 Å². The topological polar surface area (TPSA) is 93.9 Å². The molecular formula is C16H16F3NO6S2. The van der Waals surface area contributed by atoms with Crippen LogP contribution in [-0.4, -0.2) is 45.1 Å². The smallest absolute Gasteiger partial charge is 0.468 e. The van der Waals surface area contributed by atoms with Crippen LogP contribution >= 0.6 is 0 Å². The molecule has 12 heteroatoms. The minimum absolute atomic E-state index is 0.123. The molecule has 28 heavy (non-hydrogen) atoms. The first-order valence-corrected chi connectivity index (χ1v) is 11.3. The van der Waals surface area contributed by atoms with Crippen LogP contribution in [0.2, 0.25) is 0 Å². The molecule has 1 aromatic heterocycles. The SMILES string of the molecule is O=S1(=O)CCC(N(Cc2ccco2)S(=O)(=O)c2ccc(OC(F)(F)F)cc2)C1. The Balaban J connectivity index is 1.91. The second-order valence-electron chi connectivity index (χ2n) is 6.21. The Bertz CT molecular complexity index is 1020. The predicted molar refractivity (Wildman–Crippen MR) is 91.6 cm³/mol. The molecule has 2 heterocycles. The number of hydrogen-bond donors (Lipinski definition) is 0. The fourth-order valence-corrected chi connectivity index (χ4v) is 6.36. The molecule has 1 aliphatic heterocycles. The minimum atomic E-state index is -4.90. The Morgan fingerprint density at radius 2 is 1.86 bits per heavy atom. The molecule has 0 amide bonds. The molecule has 1 fully saturated rings. The maximum atomic E-state index is 13.1. The largest absolute Gasteiger partial charge is 0.573 e. The monoisotopic (exact) mass is 439 g/mol. The Hall–Kier alpha value is -2.05. The molecule has 1 aromatic carbocycles. The fraction of sp³-hybridized carbons (Fsp3) is 0.375. The van der Waals surface area contributed by atoms with Gasteiger partial charge < -0.3 is 9.15 Å². The summed E-state index contributed by atoms with van der Waals surface area (Å²) < 4.78 is 96.6. The van der Waals surface area contributed by atoms with Gasteiger partial charge in [-0.1, -0.05) is 0 Å². The van der Waals surface area contributed by atoms with E-state index in [1.54, 1.807) is 12.1 Å². The average molecular weight is 439 g/mol. The molecule has 0 spiro atoms. The summed E-state index contributed by atoms with van der Waals surface area (Å²) in [5.41, 5.74) is 0.